The predicted molar refractivity (Wildman–Crippen MR) is 157 cm³/mol. The van der Waals surface area contributed by atoms with Gasteiger partial charge in [0.25, 0.3) is 0 Å². The maximum absolute atomic E-state index is 11.8. The van der Waals surface area contributed by atoms with E-state index >= 15 is 0 Å². The Morgan fingerprint density at radius 3 is 2.33 bits per heavy atom. The van der Waals surface area contributed by atoms with Gasteiger partial charge < -0.3 is 5.11 Å². The van der Waals surface area contributed by atoms with Gasteiger partial charge in [-0.05, 0) is 61.4 Å². The van der Waals surface area contributed by atoms with E-state index in [1.54, 1.807) is 0 Å². The maximum Gasteiger partial charge on any atom is 0.162 e. The first-order chi connectivity index (χ1) is 18.2. The van der Waals surface area contributed by atoms with Crippen LogP contribution in [0, 0.1) is 17.9 Å². The zero-order valence-electron chi connectivity index (χ0n) is 21.7. The first-order valence-corrected chi connectivity index (χ1v) is 13.9. The van der Waals surface area contributed by atoms with Gasteiger partial charge in [0.1, 0.15) is 0 Å². The van der Waals surface area contributed by atoms with Crippen LogP contribution in [0.5, 0.6) is 0 Å². The number of ketones is 1. The Labute approximate surface area is 246 Å². The number of aryl methyl sites for hydroxylation is 2. The average Bonchev–Trinajstić information content (AvgIpc) is 3.72. The summed E-state index contributed by atoms with van der Waals surface area (Å²) < 4.78 is 0. The molecule has 4 aromatic rings. The molecule has 1 heterocycles. The van der Waals surface area contributed by atoms with Gasteiger partial charge in [-0.1, -0.05) is 81.0 Å². The summed E-state index contributed by atoms with van der Waals surface area (Å²) in [6.07, 6.45) is 12.7. The van der Waals surface area contributed by atoms with Crippen molar-refractivity contribution in [3.8, 4) is 11.3 Å². The largest absolute Gasteiger partial charge is 0.512 e. The molecule has 2 saturated carbocycles. The summed E-state index contributed by atoms with van der Waals surface area (Å²) in [5, 5.41) is 13.6. The molecule has 3 aromatic carbocycles. The van der Waals surface area contributed by atoms with Crippen LogP contribution in [0.2, 0.25) is 0 Å². The number of benzene rings is 3. The van der Waals surface area contributed by atoms with Crippen LogP contribution in [-0.2, 0) is 37.7 Å². The number of allylic oxidation sites excluding steroid dienone is 2. The number of nitrogens with zero attached hydrogens (tertiary/aromatic N) is 1. The Morgan fingerprint density at radius 1 is 0.872 bits per heavy atom. The van der Waals surface area contributed by atoms with E-state index in [0.717, 1.165) is 55.3 Å². The standard InChI is InChI=1S/C21H14N.C13H20O2.CH4.Ir/c1-2-8-17-14(5-1)6-3-9-18(17)20-13-16-12-11-15-7-4-10-19(22-20)21(15)16;14-12(10-5-1-2-6-10)9-13(15)11-7-3-4-8-11;;/h1-8,10,13H,11-12H2;9-11,14H,1-8H2;1H4;/q-1;;;. The van der Waals surface area contributed by atoms with Crippen molar-refractivity contribution in [2.75, 3.05) is 0 Å². The molecular weight excluding hydrogens is 659 g/mol. The molecule has 0 unspecified atom stereocenters. The molecule has 1 radical (unpaired) electrons. The minimum atomic E-state index is 0. The SMILES string of the molecule is C.O=C(C=C(O)C1CCCC1)C1CCCC1.[Ir].[c-]1ccc2ccccc2c1-c1cc2c3c(cccc3n1)CC2. The number of hydrogen-bond donors (Lipinski definition) is 1. The number of rotatable bonds is 4. The number of hydrogen-bond acceptors (Lipinski definition) is 3. The number of carbonyl (C=O) groups excluding carboxylic acids is 1. The van der Waals surface area contributed by atoms with Crippen LogP contribution >= 0.6 is 0 Å². The second kappa shape index (κ2) is 13.0. The summed E-state index contributed by atoms with van der Waals surface area (Å²) in [5.74, 6) is 0.991. The van der Waals surface area contributed by atoms with Gasteiger partial charge in [-0.3, -0.25) is 9.78 Å². The Balaban J connectivity index is 0.000000184. The smallest absolute Gasteiger partial charge is 0.162 e. The summed E-state index contributed by atoms with van der Waals surface area (Å²) in [6, 6.07) is 24.7. The molecule has 205 valence electrons. The van der Waals surface area contributed by atoms with Gasteiger partial charge in [-0.2, -0.15) is 0 Å². The van der Waals surface area contributed by atoms with Crippen LogP contribution in [-0.4, -0.2) is 15.9 Å². The van der Waals surface area contributed by atoms with E-state index in [1.165, 1.54) is 59.0 Å². The van der Waals surface area contributed by atoms with Gasteiger partial charge in [0.15, 0.2) is 5.78 Å². The van der Waals surface area contributed by atoms with E-state index in [0.29, 0.717) is 5.76 Å². The Bertz CT molecular complexity index is 1470. The quantitative estimate of drug-likeness (QED) is 0.132. The molecule has 2 fully saturated rings. The monoisotopic (exact) mass is 697 g/mol. The van der Waals surface area contributed by atoms with Crippen molar-refractivity contribution in [3.63, 3.8) is 0 Å². The first kappa shape index (κ1) is 29.2. The number of carbonyl (C=O) groups is 1. The maximum atomic E-state index is 11.8. The Hall–Kier alpha value is -2.81. The summed E-state index contributed by atoms with van der Waals surface area (Å²) >= 11 is 0. The van der Waals surface area contributed by atoms with Crippen molar-refractivity contribution in [1.82, 2.24) is 4.98 Å². The second-order valence-electron chi connectivity index (χ2n) is 10.9. The molecule has 3 aliphatic carbocycles. The zero-order valence-corrected chi connectivity index (χ0v) is 24.1. The molecule has 3 nitrogen and oxygen atoms in total. The molecule has 0 atom stereocenters. The molecule has 7 rings (SSSR count). The first-order valence-electron chi connectivity index (χ1n) is 13.9. The van der Waals surface area contributed by atoms with Gasteiger partial charge in [0, 0.05) is 43.4 Å². The number of aromatic nitrogens is 1. The minimum absolute atomic E-state index is 0. The van der Waals surface area contributed by atoms with Crippen molar-refractivity contribution in [3.05, 3.63) is 89.7 Å². The summed E-state index contributed by atoms with van der Waals surface area (Å²) in [7, 11) is 0. The van der Waals surface area contributed by atoms with E-state index in [2.05, 4.69) is 60.7 Å². The number of aliphatic hydroxyl groups is 1. The van der Waals surface area contributed by atoms with Crippen LogP contribution in [0.15, 0.2) is 72.5 Å². The molecule has 0 saturated heterocycles. The molecule has 0 bridgehead atoms. The van der Waals surface area contributed by atoms with Crippen LogP contribution in [0.25, 0.3) is 32.9 Å². The van der Waals surface area contributed by atoms with Crippen molar-refractivity contribution in [2.24, 2.45) is 11.8 Å². The number of pyridine rings is 1. The molecule has 39 heavy (non-hydrogen) atoms. The summed E-state index contributed by atoms with van der Waals surface area (Å²) in [5.41, 5.74) is 6.13. The van der Waals surface area contributed by atoms with Crippen molar-refractivity contribution < 1.29 is 30.0 Å². The van der Waals surface area contributed by atoms with Crippen LogP contribution in [0.4, 0.5) is 0 Å². The van der Waals surface area contributed by atoms with Crippen molar-refractivity contribution in [1.29, 1.82) is 0 Å². The van der Waals surface area contributed by atoms with E-state index < -0.39 is 0 Å². The van der Waals surface area contributed by atoms with Gasteiger partial charge in [0.2, 0.25) is 0 Å². The average molecular weight is 697 g/mol. The molecular formula is C35H38IrNO2-. The summed E-state index contributed by atoms with van der Waals surface area (Å²) in [4.78, 5) is 16.7. The third-order valence-corrected chi connectivity index (χ3v) is 8.46. The topological polar surface area (TPSA) is 50.2 Å². The van der Waals surface area contributed by atoms with Crippen LogP contribution in [0.3, 0.4) is 0 Å². The van der Waals surface area contributed by atoms with E-state index in [1.807, 2.05) is 6.07 Å². The number of fused-ring (bicyclic) bond motifs is 1. The fraction of sp³-hybridized carbons (Fsp3) is 0.371. The van der Waals surface area contributed by atoms with Gasteiger partial charge in [-0.15, -0.1) is 29.1 Å². The molecule has 3 aliphatic rings. The van der Waals surface area contributed by atoms with Crippen LogP contribution in [0.1, 0.15) is 69.9 Å². The molecule has 1 N–H and O–H groups in total. The zero-order chi connectivity index (χ0) is 25.2. The van der Waals surface area contributed by atoms with E-state index in [-0.39, 0.29) is 45.2 Å². The van der Waals surface area contributed by atoms with E-state index in [9.17, 15) is 9.90 Å². The molecule has 1 aromatic heterocycles. The van der Waals surface area contributed by atoms with Crippen molar-refractivity contribution >= 4 is 27.5 Å². The molecule has 0 aliphatic heterocycles. The fourth-order valence-electron chi connectivity index (χ4n) is 6.44. The molecule has 0 amide bonds. The normalized spacial score (nSPS) is 17.0. The van der Waals surface area contributed by atoms with Gasteiger partial charge >= 0.3 is 0 Å². The van der Waals surface area contributed by atoms with Gasteiger partial charge in [-0.25, -0.2) is 0 Å². The minimum Gasteiger partial charge on any atom is -0.512 e. The van der Waals surface area contributed by atoms with E-state index in [4.69, 9.17) is 4.98 Å². The second-order valence-corrected chi connectivity index (χ2v) is 10.9. The molecule has 0 spiro atoms. The van der Waals surface area contributed by atoms with Crippen molar-refractivity contribution in [2.45, 2.75) is 71.6 Å². The van der Waals surface area contributed by atoms with Gasteiger partial charge in [0.05, 0.1) is 11.3 Å². The third-order valence-electron chi connectivity index (χ3n) is 8.46. The Morgan fingerprint density at radius 2 is 1.56 bits per heavy atom. The number of aliphatic hydroxyl groups excluding tert-OH is 1. The fourth-order valence-corrected chi connectivity index (χ4v) is 6.44. The Kier molecular flexibility index (Phi) is 9.75. The summed E-state index contributed by atoms with van der Waals surface area (Å²) in [6.45, 7) is 0. The predicted octanol–water partition coefficient (Wildman–Crippen LogP) is 8.97. The third kappa shape index (κ3) is 6.18. The molecule has 4 heteroatoms. The van der Waals surface area contributed by atoms with Crippen LogP contribution < -0.4 is 0 Å².